The molecule has 1 heterocycles. The second kappa shape index (κ2) is 6.59. The molecule has 1 saturated carbocycles. The summed E-state index contributed by atoms with van der Waals surface area (Å²) in [5.41, 5.74) is -0.969. The van der Waals surface area contributed by atoms with Gasteiger partial charge in [-0.3, -0.25) is 0 Å². The van der Waals surface area contributed by atoms with Crippen molar-refractivity contribution in [2.45, 2.75) is 62.9 Å². The summed E-state index contributed by atoms with van der Waals surface area (Å²) < 4.78 is 38.0. The number of hydrogen-bond acceptors (Lipinski definition) is 4. The van der Waals surface area contributed by atoms with E-state index in [0.29, 0.717) is 18.3 Å². The number of hydrogen-bond donors (Lipinski definition) is 1. The summed E-state index contributed by atoms with van der Waals surface area (Å²) in [6.07, 6.45) is 3.52. The number of aromatic nitrogens is 1. The van der Waals surface area contributed by atoms with Crippen molar-refractivity contribution in [2.24, 2.45) is 0 Å². The monoisotopic (exact) mass is 342 g/mol. The molecule has 0 aromatic carbocycles. The molecule has 1 aliphatic carbocycles. The predicted molar refractivity (Wildman–Crippen MR) is 91.0 cm³/mol. The highest BCUT2D eigenvalue weighted by atomic mass is 32.1. The van der Waals surface area contributed by atoms with Gasteiger partial charge in [0.1, 0.15) is 12.3 Å². The number of halogens is 2. The molecule has 1 aromatic heterocycles. The number of pyridine rings is 1. The first-order valence-electron chi connectivity index (χ1n) is 7.73. The molecule has 1 aliphatic rings. The van der Waals surface area contributed by atoms with Crippen molar-refractivity contribution in [3.05, 3.63) is 18.1 Å². The first-order valence-corrected chi connectivity index (χ1v) is 8.17. The minimum atomic E-state index is -0.895. The Labute approximate surface area is 142 Å². The van der Waals surface area contributed by atoms with Gasteiger partial charge in [-0.05, 0) is 58.5 Å². The van der Waals surface area contributed by atoms with Crippen LogP contribution in [0.5, 0.6) is 5.88 Å². The Hall–Kier alpha value is -0.815. The Bertz CT molecular complexity index is 554. The average Bonchev–Trinajstić information content (AvgIpc) is 2.41. The van der Waals surface area contributed by atoms with Crippen LogP contribution in [0.4, 0.5) is 8.78 Å². The molecule has 7 heteroatoms. The second-order valence-electron chi connectivity index (χ2n) is 7.13. The third-order valence-corrected chi connectivity index (χ3v) is 5.15. The van der Waals surface area contributed by atoms with E-state index in [1.807, 2.05) is 27.7 Å². The topological polar surface area (TPSA) is 31.4 Å². The highest BCUT2D eigenvalue weighted by molar-refractivity contribution is 7.81. The van der Waals surface area contributed by atoms with Gasteiger partial charge in [0.2, 0.25) is 0 Å². The Morgan fingerprint density at radius 3 is 2.43 bits per heavy atom. The van der Waals surface area contributed by atoms with Crippen LogP contribution in [0.3, 0.4) is 0 Å². The standard InChI is InChI=1S/C16H23BF2NO2S/c1-14(2,15(3,4)23)22-17-11-8-12(19)13(20-9-11)21-16(10-18)6-5-7-16/h8-9,23H,5-7,10H2,1-4H3. The van der Waals surface area contributed by atoms with Gasteiger partial charge in [-0.25, -0.2) is 13.8 Å². The molecule has 0 N–H and O–H groups in total. The van der Waals surface area contributed by atoms with Crippen LogP contribution >= 0.6 is 12.6 Å². The van der Waals surface area contributed by atoms with Crippen molar-refractivity contribution in [3.63, 3.8) is 0 Å². The molecule has 0 bridgehead atoms. The first-order chi connectivity index (χ1) is 10.6. The Morgan fingerprint density at radius 2 is 2.00 bits per heavy atom. The van der Waals surface area contributed by atoms with E-state index in [1.165, 1.54) is 19.7 Å². The van der Waals surface area contributed by atoms with Crippen LogP contribution in [0, 0.1) is 5.82 Å². The zero-order valence-electron chi connectivity index (χ0n) is 14.0. The number of alkyl halides is 1. The molecule has 0 unspecified atom stereocenters. The highest BCUT2D eigenvalue weighted by Gasteiger charge is 2.40. The maximum absolute atomic E-state index is 14.1. The van der Waals surface area contributed by atoms with E-state index in [0.717, 1.165) is 6.42 Å². The lowest BCUT2D eigenvalue weighted by Gasteiger charge is -2.39. The molecule has 3 nitrogen and oxygen atoms in total. The lowest BCUT2D eigenvalue weighted by Crippen LogP contribution is -2.46. The molecule has 127 valence electrons. The Kier molecular flexibility index (Phi) is 5.31. The predicted octanol–water partition coefficient (Wildman–Crippen LogP) is 3.24. The van der Waals surface area contributed by atoms with Crippen LogP contribution in [0.2, 0.25) is 0 Å². The van der Waals surface area contributed by atoms with Crippen LogP contribution in [0.25, 0.3) is 0 Å². The number of thiol groups is 1. The largest absolute Gasteiger partial charge is 0.466 e. The molecule has 0 saturated heterocycles. The van der Waals surface area contributed by atoms with Gasteiger partial charge in [0, 0.05) is 10.9 Å². The smallest absolute Gasteiger partial charge is 0.332 e. The molecule has 2 rings (SSSR count). The van der Waals surface area contributed by atoms with Crippen molar-refractivity contribution in [3.8, 4) is 5.88 Å². The van der Waals surface area contributed by atoms with E-state index in [1.54, 1.807) is 0 Å². The summed E-state index contributed by atoms with van der Waals surface area (Å²) in [7, 11) is 1.45. The summed E-state index contributed by atoms with van der Waals surface area (Å²) in [4.78, 5) is 3.96. The van der Waals surface area contributed by atoms with E-state index < -0.39 is 23.7 Å². The van der Waals surface area contributed by atoms with Gasteiger partial charge in [0.25, 0.3) is 5.88 Å². The molecule has 0 amide bonds. The van der Waals surface area contributed by atoms with Crippen molar-refractivity contribution in [1.82, 2.24) is 4.98 Å². The maximum Gasteiger partial charge on any atom is 0.332 e. The second-order valence-corrected chi connectivity index (χ2v) is 8.25. The van der Waals surface area contributed by atoms with E-state index >= 15 is 0 Å². The van der Waals surface area contributed by atoms with Gasteiger partial charge < -0.3 is 9.39 Å². The van der Waals surface area contributed by atoms with Crippen molar-refractivity contribution < 1.29 is 18.2 Å². The average molecular weight is 342 g/mol. The summed E-state index contributed by atoms with van der Waals surface area (Å²) in [6, 6.07) is 1.27. The molecule has 0 aliphatic heterocycles. The molecule has 1 fully saturated rings. The Balaban J connectivity index is 2.02. The fourth-order valence-corrected chi connectivity index (χ4v) is 2.03. The van der Waals surface area contributed by atoms with Gasteiger partial charge >= 0.3 is 7.48 Å². The molecule has 1 aromatic rings. The van der Waals surface area contributed by atoms with Gasteiger partial charge in [0.05, 0.1) is 5.60 Å². The molecule has 0 spiro atoms. The van der Waals surface area contributed by atoms with Gasteiger partial charge in [-0.2, -0.15) is 12.6 Å². The summed E-state index contributed by atoms with van der Waals surface area (Å²) >= 11 is 4.50. The molecular weight excluding hydrogens is 319 g/mol. The van der Waals surface area contributed by atoms with E-state index in [9.17, 15) is 8.78 Å². The van der Waals surface area contributed by atoms with Crippen molar-refractivity contribution >= 4 is 25.6 Å². The SMILES string of the molecule is CC(C)(S)C(C)(C)O[B]c1cnc(OC2(CF)CCC2)c(F)c1. The van der Waals surface area contributed by atoms with E-state index in [4.69, 9.17) is 9.39 Å². The third kappa shape index (κ3) is 4.18. The van der Waals surface area contributed by atoms with Crippen LogP contribution in [0.1, 0.15) is 47.0 Å². The minimum absolute atomic E-state index is 0.159. The Morgan fingerprint density at radius 1 is 1.35 bits per heavy atom. The summed E-state index contributed by atoms with van der Waals surface area (Å²) in [5.74, 6) is -0.779. The van der Waals surface area contributed by atoms with Gasteiger partial charge in [-0.1, -0.05) is 0 Å². The van der Waals surface area contributed by atoms with Gasteiger partial charge in [0.15, 0.2) is 5.82 Å². The lowest BCUT2D eigenvalue weighted by atomic mass is 9.81. The van der Waals surface area contributed by atoms with Gasteiger partial charge in [-0.15, -0.1) is 0 Å². The molecule has 1 radical (unpaired) electrons. The van der Waals surface area contributed by atoms with Crippen LogP contribution in [-0.4, -0.2) is 35.1 Å². The number of ether oxygens (including phenoxy) is 1. The summed E-state index contributed by atoms with van der Waals surface area (Å²) in [5, 5.41) is 0. The zero-order chi connectivity index (χ0) is 17.3. The normalized spacial score (nSPS) is 17.5. The lowest BCUT2D eigenvalue weighted by molar-refractivity contribution is -0.0334. The number of nitrogens with zero attached hydrogens (tertiary/aromatic N) is 1. The van der Waals surface area contributed by atoms with Crippen molar-refractivity contribution in [1.29, 1.82) is 0 Å². The quantitative estimate of drug-likeness (QED) is 0.610. The fourth-order valence-electron chi connectivity index (χ4n) is 1.98. The fraction of sp³-hybridized carbons (Fsp3) is 0.688. The molecule has 0 atom stereocenters. The maximum atomic E-state index is 14.1. The minimum Gasteiger partial charge on any atom is -0.466 e. The van der Waals surface area contributed by atoms with Crippen LogP contribution in [-0.2, 0) is 4.65 Å². The highest BCUT2D eigenvalue weighted by Crippen LogP contribution is 2.37. The van der Waals surface area contributed by atoms with E-state index in [2.05, 4.69) is 17.6 Å². The molecular formula is C16H23BF2NO2S. The van der Waals surface area contributed by atoms with Crippen LogP contribution < -0.4 is 10.2 Å². The molecule has 23 heavy (non-hydrogen) atoms. The van der Waals surface area contributed by atoms with Crippen molar-refractivity contribution in [2.75, 3.05) is 6.67 Å². The first kappa shape index (κ1) is 18.5. The van der Waals surface area contributed by atoms with Crippen LogP contribution in [0.15, 0.2) is 12.3 Å². The summed E-state index contributed by atoms with van der Waals surface area (Å²) in [6.45, 7) is 7.05. The van der Waals surface area contributed by atoms with E-state index in [-0.39, 0.29) is 10.6 Å². The zero-order valence-corrected chi connectivity index (χ0v) is 14.9. The third-order valence-electron chi connectivity index (χ3n) is 4.61. The number of rotatable bonds is 7.